The second kappa shape index (κ2) is 4.60. The van der Waals surface area contributed by atoms with Crippen LogP contribution in [0.15, 0.2) is 18.2 Å². The second-order valence-electron chi connectivity index (χ2n) is 4.38. The van der Waals surface area contributed by atoms with E-state index in [0.717, 1.165) is 13.0 Å². The van der Waals surface area contributed by atoms with Gasteiger partial charge in [-0.05, 0) is 30.5 Å². The molecule has 2 atom stereocenters. The van der Waals surface area contributed by atoms with E-state index in [0.29, 0.717) is 17.3 Å². The van der Waals surface area contributed by atoms with Crippen LogP contribution in [0.5, 0.6) is 0 Å². The van der Waals surface area contributed by atoms with Crippen LogP contribution in [0, 0.1) is 11.7 Å². The summed E-state index contributed by atoms with van der Waals surface area (Å²) in [5, 5.41) is 10.2. The van der Waals surface area contributed by atoms with E-state index in [1.165, 1.54) is 6.07 Å². The van der Waals surface area contributed by atoms with Gasteiger partial charge in [-0.3, -0.25) is 0 Å². The maximum absolute atomic E-state index is 13.7. The van der Waals surface area contributed by atoms with Crippen molar-refractivity contribution in [2.75, 3.05) is 18.0 Å². The van der Waals surface area contributed by atoms with Crippen molar-refractivity contribution in [3.63, 3.8) is 0 Å². The van der Waals surface area contributed by atoms with Gasteiger partial charge >= 0.3 is 0 Å². The fraction of sp³-hybridized carbons (Fsp3) is 0.500. The third-order valence-electron chi connectivity index (χ3n) is 3.17. The van der Waals surface area contributed by atoms with E-state index in [1.54, 1.807) is 12.1 Å². The minimum absolute atomic E-state index is 0.284. The summed E-state index contributed by atoms with van der Waals surface area (Å²) >= 11 is 5.70. The van der Waals surface area contributed by atoms with Gasteiger partial charge in [0.25, 0.3) is 0 Å². The summed E-state index contributed by atoms with van der Waals surface area (Å²) in [7, 11) is 0. The predicted molar refractivity (Wildman–Crippen MR) is 63.4 cm³/mol. The van der Waals surface area contributed by atoms with Gasteiger partial charge in [-0.15, -0.1) is 0 Å². The first kappa shape index (κ1) is 11.7. The Bertz CT molecular complexity index is 385. The average molecular weight is 244 g/mol. The number of β-amino-alcohol motifs (C(OH)–C–C–N with tert-alkyl or cyclic N) is 1. The highest BCUT2D eigenvalue weighted by Gasteiger charge is 2.25. The van der Waals surface area contributed by atoms with Gasteiger partial charge < -0.3 is 10.0 Å². The molecule has 0 radical (unpaired) electrons. The predicted octanol–water partition coefficient (Wildman–Crippen LogP) is 2.69. The normalized spacial score (nSPS) is 25.9. The number of nitrogens with zero attached hydrogens (tertiary/aromatic N) is 1. The maximum Gasteiger partial charge on any atom is 0.147 e. The molecular formula is C12H15ClFNO. The van der Waals surface area contributed by atoms with E-state index in [9.17, 15) is 9.50 Å². The Balaban J connectivity index is 2.18. The lowest BCUT2D eigenvalue weighted by atomic mass is 9.95. The van der Waals surface area contributed by atoms with Crippen molar-refractivity contribution in [1.29, 1.82) is 0 Å². The summed E-state index contributed by atoms with van der Waals surface area (Å²) in [5.74, 6) is -0.0409. The number of aliphatic hydroxyl groups excluding tert-OH is 1. The molecule has 4 heteroatoms. The minimum atomic E-state index is -0.385. The number of benzene rings is 1. The van der Waals surface area contributed by atoms with Gasteiger partial charge in [0.15, 0.2) is 0 Å². The van der Waals surface area contributed by atoms with Crippen LogP contribution in [0.3, 0.4) is 0 Å². The molecule has 1 saturated heterocycles. The number of aliphatic hydroxyl groups is 1. The molecule has 2 nitrogen and oxygen atoms in total. The van der Waals surface area contributed by atoms with Crippen molar-refractivity contribution >= 4 is 17.3 Å². The number of hydrogen-bond acceptors (Lipinski definition) is 2. The molecule has 0 bridgehead atoms. The Morgan fingerprint density at radius 3 is 2.88 bits per heavy atom. The van der Waals surface area contributed by atoms with E-state index in [-0.39, 0.29) is 17.8 Å². The van der Waals surface area contributed by atoms with Crippen molar-refractivity contribution < 1.29 is 9.50 Å². The van der Waals surface area contributed by atoms with Crippen LogP contribution in [0.4, 0.5) is 10.1 Å². The highest BCUT2D eigenvalue weighted by molar-refractivity contribution is 6.30. The molecule has 0 aliphatic carbocycles. The molecule has 1 fully saturated rings. The number of anilines is 1. The molecular weight excluding hydrogens is 229 g/mol. The van der Waals surface area contributed by atoms with Gasteiger partial charge in [0.05, 0.1) is 11.8 Å². The first-order valence-electron chi connectivity index (χ1n) is 5.46. The third kappa shape index (κ3) is 2.30. The molecule has 1 aliphatic rings. The van der Waals surface area contributed by atoms with Crippen LogP contribution in [-0.4, -0.2) is 24.3 Å². The van der Waals surface area contributed by atoms with Gasteiger partial charge in [-0.25, -0.2) is 4.39 Å². The van der Waals surface area contributed by atoms with Crippen molar-refractivity contribution in [1.82, 2.24) is 0 Å². The number of halogens is 2. The molecule has 1 aromatic rings. The van der Waals surface area contributed by atoms with Crippen LogP contribution >= 0.6 is 11.6 Å². The molecule has 88 valence electrons. The zero-order valence-corrected chi connectivity index (χ0v) is 9.91. The lowest BCUT2D eigenvalue weighted by molar-refractivity contribution is 0.102. The Hall–Kier alpha value is -0.800. The molecule has 0 unspecified atom stereocenters. The molecule has 0 saturated carbocycles. The highest BCUT2D eigenvalue weighted by Crippen LogP contribution is 2.27. The summed E-state index contributed by atoms with van der Waals surface area (Å²) in [5.41, 5.74) is 0.523. The molecule has 0 amide bonds. The topological polar surface area (TPSA) is 23.5 Å². The standard InChI is InChI=1S/C12H15ClFNO/c1-8-4-5-15(7-12(8)16)11-3-2-9(13)6-10(11)14/h2-3,6,8,12,16H,4-5,7H2,1H3/t8-,12+/m1/s1. The Labute approximate surface area is 99.6 Å². The first-order valence-corrected chi connectivity index (χ1v) is 5.84. The van der Waals surface area contributed by atoms with Crippen molar-refractivity contribution in [2.24, 2.45) is 5.92 Å². The zero-order chi connectivity index (χ0) is 11.7. The van der Waals surface area contributed by atoms with Crippen LogP contribution in [0.2, 0.25) is 5.02 Å². The highest BCUT2D eigenvalue weighted by atomic mass is 35.5. The second-order valence-corrected chi connectivity index (χ2v) is 4.81. The van der Waals surface area contributed by atoms with Gasteiger partial charge in [-0.2, -0.15) is 0 Å². The van der Waals surface area contributed by atoms with Gasteiger partial charge in [0, 0.05) is 18.1 Å². The fourth-order valence-electron chi connectivity index (χ4n) is 2.01. The van der Waals surface area contributed by atoms with E-state index < -0.39 is 0 Å². The smallest absolute Gasteiger partial charge is 0.147 e. The van der Waals surface area contributed by atoms with E-state index in [1.807, 2.05) is 11.8 Å². The van der Waals surface area contributed by atoms with Crippen LogP contribution < -0.4 is 4.90 Å². The third-order valence-corrected chi connectivity index (χ3v) is 3.40. The summed E-state index contributed by atoms with van der Waals surface area (Å²) in [4.78, 5) is 1.87. The summed E-state index contributed by atoms with van der Waals surface area (Å²) in [6.45, 7) is 3.27. The summed E-state index contributed by atoms with van der Waals surface area (Å²) in [6.07, 6.45) is 0.493. The minimum Gasteiger partial charge on any atom is -0.391 e. The molecule has 1 N–H and O–H groups in total. The number of rotatable bonds is 1. The molecule has 2 rings (SSSR count). The first-order chi connectivity index (χ1) is 7.58. The number of piperidine rings is 1. The largest absolute Gasteiger partial charge is 0.391 e. The lowest BCUT2D eigenvalue weighted by Crippen LogP contribution is -2.43. The lowest BCUT2D eigenvalue weighted by Gasteiger charge is -2.35. The molecule has 0 aromatic heterocycles. The van der Waals surface area contributed by atoms with Gasteiger partial charge in [0.2, 0.25) is 0 Å². The summed E-state index contributed by atoms with van der Waals surface area (Å²) < 4.78 is 13.7. The number of hydrogen-bond donors (Lipinski definition) is 1. The van der Waals surface area contributed by atoms with Crippen LogP contribution in [0.1, 0.15) is 13.3 Å². The van der Waals surface area contributed by atoms with Gasteiger partial charge in [0.1, 0.15) is 5.82 Å². The van der Waals surface area contributed by atoms with Crippen molar-refractivity contribution in [3.05, 3.63) is 29.0 Å². The van der Waals surface area contributed by atoms with Gasteiger partial charge in [-0.1, -0.05) is 18.5 Å². The van der Waals surface area contributed by atoms with Crippen LogP contribution in [0.25, 0.3) is 0 Å². The quantitative estimate of drug-likeness (QED) is 0.820. The SMILES string of the molecule is C[C@@H]1CCN(c2ccc(Cl)cc2F)C[C@@H]1O. The molecule has 0 spiro atoms. The summed E-state index contributed by atoms with van der Waals surface area (Å²) in [6, 6.07) is 4.64. The average Bonchev–Trinajstić information content (AvgIpc) is 2.22. The fourth-order valence-corrected chi connectivity index (χ4v) is 2.16. The molecule has 1 heterocycles. The maximum atomic E-state index is 13.7. The zero-order valence-electron chi connectivity index (χ0n) is 9.16. The van der Waals surface area contributed by atoms with Crippen molar-refractivity contribution in [2.45, 2.75) is 19.4 Å². The van der Waals surface area contributed by atoms with E-state index >= 15 is 0 Å². The Morgan fingerprint density at radius 1 is 1.50 bits per heavy atom. The Morgan fingerprint density at radius 2 is 2.25 bits per heavy atom. The van der Waals surface area contributed by atoms with E-state index in [2.05, 4.69) is 0 Å². The monoisotopic (exact) mass is 243 g/mol. The van der Waals surface area contributed by atoms with Crippen LogP contribution in [-0.2, 0) is 0 Å². The molecule has 1 aliphatic heterocycles. The van der Waals surface area contributed by atoms with E-state index in [4.69, 9.17) is 11.6 Å². The molecule has 1 aromatic carbocycles. The Kier molecular flexibility index (Phi) is 3.36. The molecule has 16 heavy (non-hydrogen) atoms. The van der Waals surface area contributed by atoms with Crippen molar-refractivity contribution in [3.8, 4) is 0 Å².